The van der Waals surface area contributed by atoms with Gasteiger partial charge in [-0.05, 0) is 44.2 Å². The third-order valence-electron chi connectivity index (χ3n) is 10.4. The first-order chi connectivity index (χ1) is 19.5. The molecule has 4 heterocycles. The van der Waals surface area contributed by atoms with E-state index < -0.39 is 18.2 Å². The molecule has 216 valence electrons. The number of benzene rings is 1. The van der Waals surface area contributed by atoms with Gasteiger partial charge in [-0.1, -0.05) is 30.3 Å². The summed E-state index contributed by atoms with van der Waals surface area (Å²) in [5, 5.41) is 0. The summed E-state index contributed by atoms with van der Waals surface area (Å²) in [6.07, 6.45) is 3.18. The number of carbonyl (C=O) groups excluding carboxylic acids is 2. The minimum atomic E-state index is -1.17. The Balaban J connectivity index is 1.25. The number of amides is 1. The molecule has 1 aromatic carbocycles. The first kappa shape index (κ1) is 26.6. The minimum Gasteiger partial charge on any atom is -0.378 e. The number of ketones is 1. The third kappa shape index (κ3) is 4.59. The Bertz CT molecular complexity index is 1140. The van der Waals surface area contributed by atoms with Gasteiger partial charge in [-0.25, -0.2) is 4.39 Å². The van der Waals surface area contributed by atoms with E-state index in [1.807, 2.05) is 12.3 Å². The Kier molecular flexibility index (Phi) is 7.18. The van der Waals surface area contributed by atoms with Crippen LogP contribution in [-0.4, -0.2) is 127 Å². The molecule has 0 aromatic heterocycles. The maximum absolute atomic E-state index is 16.2. The van der Waals surface area contributed by atoms with Crippen LogP contribution in [0.25, 0.3) is 0 Å². The Labute approximate surface area is 236 Å². The van der Waals surface area contributed by atoms with E-state index in [9.17, 15) is 9.59 Å². The molecule has 8 atom stereocenters. The molecule has 7 rings (SSSR count). The predicted octanol–water partition coefficient (Wildman–Crippen LogP) is 2.06. The number of nitrogens with zero attached hydrogens (tertiary/aromatic N) is 4. The van der Waals surface area contributed by atoms with Gasteiger partial charge in [0, 0.05) is 51.4 Å². The molecular formula is C31H41FN4O4. The SMILES string of the molecule is CN1CCN(C2C(F)CC3C(=O)C(C(=O)N4CCOCC4)=CN4C5CC(c6ccccc6)CCC5OC2C34)CC1. The van der Waals surface area contributed by atoms with Crippen molar-refractivity contribution < 1.29 is 23.5 Å². The normalized spacial score (nSPS) is 38.9. The Morgan fingerprint density at radius 3 is 2.45 bits per heavy atom. The molecule has 0 bridgehead atoms. The molecule has 2 aliphatic carbocycles. The number of fused-ring (bicyclic) bond motifs is 2. The van der Waals surface area contributed by atoms with Crippen LogP contribution in [-0.2, 0) is 19.1 Å². The molecule has 0 spiro atoms. The molecule has 8 unspecified atom stereocenters. The van der Waals surface area contributed by atoms with E-state index in [1.54, 1.807) is 4.90 Å². The number of likely N-dealkylation sites (N-methyl/N-ethyl adjacent to an activating group) is 1. The van der Waals surface area contributed by atoms with Crippen molar-refractivity contribution in [2.45, 2.75) is 68.1 Å². The highest BCUT2D eigenvalue weighted by atomic mass is 19.1. The van der Waals surface area contributed by atoms with Gasteiger partial charge in [0.25, 0.3) is 5.91 Å². The maximum Gasteiger partial charge on any atom is 0.259 e. The van der Waals surface area contributed by atoms with Crippen molar-refractivity contribution >= 4 is 11.7 Å². The summed E-state index contributed by atoms with van der Waals surface area (Å²) in [4.78, 5) is 36.2. The minimum absolute atomic E-state index is 0.0487. The van der Waals surface area contributed by atoms with Crippen molar-refractivity contribution in [1.82, 2.24) is 19.6 Å². The molecular weight excluding hydrogens is 511 g/mol. The highest BCUT2D eigenvalue weighted by Crippen LogP contribution is 2.49. The van der Waals surface area contributed by atoms with E-state index in [1.165, 1.54) is 5.56 Å². The fourth-order valence-electron chi connectivity index (χ4n) is 8.25. The summed E-state index contributed by atoms with van der Waals surface area (Å²) in [5.41, 5.74) is 1.54. The number of morpholine rings is 2. The van der Waals surface area contributed by atoms with Gasteiger partial charge in [0.05, 0.1) is 49.1 Å². The van der Waals surface area contributed by atoms with Crippen LogP contribution >= 0.6 is 0 Å². The van der Waals surface area contributed by atoms with Gasteiger partial charge in [0.2, 0.25) is 0 Å². The van der Waals surface area contributed by atoms with Crippen molar-refractivity contribution in [2.24, 2.45) is 5.92 Å². The summed E-state index contributed by atoms with van der Waals surface area (Å²) in [6, 6.07) is 10.0. The van der Waals surface area contributed by atoms with Crippen molar-refractivity contribution in [2.75, 3.05) is 59.5 Å². The second-order valence-corrected chi connectivity index (χ2v) is 12.6. The highest BCUT2D eigenvalue weighted by Gasteiger charge is 2.60. The fraction of sp³-hybridized carbons (Fsp3) is 0.677. The molecule has 3 saturated heterocycles. The number of hydrogen-bond donors (Lipinski definition) is 0. The largest absolute Gasteiger partial charge is 0.378 e. The van der Waals surface area contributed by atoms with Gasteiger partial charge >= 0.3 is 0 Å². The van der Waals surface area contributed by atoms with E-state index in [4.69, 9.17) is 9.47 Å². The van der Waals surface area contributed by atoms with Crippen molar-refractivity contribution in [3.05, 3.63) is 47.7 Å². The van der Waals surface area contributed by atoms with Crippen LogP contribution in [0.3, 0.4) is 0 Å². The number of hydrogen-bond acceptors (Lipinski definition) is 7. The lowest BCUT2D eigenvalue weighted by atomic mass is 9.68. The third-order valence-corrected chi connectivity index (χ3v) is 10.4. The number of halogens is 1. The van der Waals surface area contributed by atoms with Gasteiger partial charge in [0.15, 0.2) is 5.78 Å². The Morgan fingerprint density at radius 2 is 1.70 bits per heavy atom. The van der Waals surface area contributed by atoms with Crippen LogP contribution < -0.4 is 0 Å². The van der Waals surface area contributed by atoms with Crippen molar-refractivity contribution in [1.29, 1.82) is 0 Å². The molecule has 0 radical (unpaired) electrons. The number of ether oxygens (including phenoxy) is 2. The van der Waals surface area contributed by atoms with Crippen LogP contribution in [0, 0.1) is 5.92 Å². The van der Waals surface area contributed by atoms with Crippen LogP contribution in [0.2, 0.25) is 0 Å². The number of piperazine rings is 1. The molecule has 40 heavy (non-hydrogen) atoms. The lowest BCUT2D eigenvalue weighted by Gasteiger charge is -2.61. The Hall–Kier alpha value is -2.33. The summed E-state index contributed by atoms with van der Waals surface area (Å²) >= 11 is 0. The topological polar surface area (TPSA) is 65.6 Å². The smallest absolute Gasteiger partial charge is 0.259 e. The number of Topliss-reactive ketones (excluding diaryl/α,β-unsaturated/α-hetero) is 1. The molecule has 2 saturated carbocycles. The zero-order chi connectivity index (χ0) is 27.4. The predicted molar refractivity (Wildman–Crippen MR) is 147 cm³/mol. The molecule has 6 aliphatic rings. The average Bonchev–Trinajstić information content (AvgIpc) is 2.99. The highest BCUT2D eigenvalue weighted by molar-refractivity contribution is 6.20. The first-order valence-corrected chi connectivity index (χ1v) is 15.2. The molecule has 4 aliphatic heterocycles. The first-order valence-electron chi connectivity index (χ1n) is 15.2. The number of alkyl halides is 1. The van der Waals surface area contributed by atoms with Gasteiger partial charge in [-0.15, -0.1) is 0 Å². The van der Waals surface area contributed by atoms with E-state index >= 15 is 4.39 Å². The van der Waals surface area contributed by atoms with Gasteiger partial charge in [-0.3, -0.25) is 14.5 Å². The number of rotatable bonds is 3. The summed E-state index contributed by atoms with van der Waals surface area (Å²) < 4.78 is 28.6. The van der Waals surface area contributed by atoms with Crippen LogP contribution in [0.5, 0.6) is 0 Å². The van der Waals surface area contributed by atoms with E-state index in [0.29, 0.717) is 32.2 Å². The summed E-state index contributed by atoms with van der Waals surface area (Å²) in [7, 11) is 2.10. The van der Waals surface area contributed by atoms with Crippen LogP contribution in [0.15, 0.2) is 42.1 Å². The second kappa shape index (κ2) is 10.8. The van der Waals surface area contributed by atoms with E-state index in [-0.39, 0.29) is 47.9 Å². The summed E-state index contributed by atoms with van der Waals surface area (Å²) in [5.74, 6) is -0.638. The van der Waals surface area contributed by atoms with Crippen molar-refractivity contribution in [3.8, 4) is 0 Å². The quantitative estimate of drug-likeness (QED) is 0.532. The molecule has 1 amide bonds. The standard InChI is InChI=1S/C31H41FN4O4/c1-33-9-11-34(12-10-33)28-24(32)18-22-27-30(28)40-26-8-7-21(20-5-3-2-4-6-20)17-25(26)36(27)19-23(29(22)37)31(38)35-13-15-39-16-14-35/h2-6,19,21-22,24-28,30H,7-18H2,1H3. The molecule has 5 fully saturated rings. The Morgan fingerprint density at radius 1 is 0.950 bits per heavy atom. The van der Waals surface area contributed by atoms with Crippen LogP contribution in [0.4, 0.5) is 4.39 Å². The summed E-state index contributed by atoms with van der Waals surface area (Å²) in [6.45, 7) is 5.29. The lowest BCUT2D eigenvalue weighted by molar-refractivity contribution is -0.214. The zero-order valence-corrected chi connectivity index (χ0v) is 23.4. The van der Waals surface area contributed by atoms with E-state index in [0.717, 1.165) is 45.4 Å². The molecule has 0 N–H and O–H groups in total. The molecule has 1 aromatic rings. The van der Waals surface area contributed by atoms with Gasteiger partial charge in [-0.2, -0.15) is 0 Å². The number of carbonyl (C=O) groups is 2. The van der Waals surface area contributed by atoms with Gasteiger partial charge < -0.3 is 24.2 Å². The zero-order valence-electron chi connectivity index (χ0n) is 23.4. The fourth-order valence-corrected chi connectivity index (χ4v) is 8.25. The van der Waals surface area contributed by atoms with Gasteiger partial charge in [0.1, 0.15) is 6.17 Å². The lowest BCUT2D eigenvalue weighted by Crippen LogP contribution is -2.74. The molecule has 8 nitrogen and oxygen atoms in total. The average molecular weight is 553 g/mol. The maximum atomic E-state index is 16.2. The van der Waals surface area contributed by atoms with Crippen LogP contribution in [0.1, 0.15) is 37.2 Å². The van der Waals surface area contributed by atoms with E-state index in [2.05, 4.69) is 46.0 Å². The van der Waals surface area contributed by atoms with Crippen molar-refractivity contribution in [3.63, 3.8) is 0 Å². The second-order valence-electron chi connectivity index (χ2n) is 12.6. The monoisotopic (exact) mass is 552 g/mol. The molecule has 9 heteroatoms.